The highest BCUT2D eigenvalue weighted by Crippen LogP contribution is 2.36. The molecule has 30 nitrogen and oxygen atoms in total. The number of amides is 5. The van der Waals surface area contributed by atoms with E-state index in [9.17, 15) is 28.8 Å². The van der Waals surface area contributed by atoms with Gasteiger partial charge in [0.15, 0.2) is 29.9 Å². The normalized spacial score (nSPS) is 16.4. The second-order valence-electron chi connectivity index (χ2n) is 32.8. The van der Waals surface area contributed by atoms with Crippen LogP contribution >= 0.6 is 34.8 Å². The lowest BCUT2D eigenvalue weighted by molar-refractivity contribution is -0.152. The number of halogens is 3. The minimum atomic E-state index is -0.598. The van der Waals surface area contributed by atoms with Crippen LogP contribution in [0, 0.1) is 0 Å². The van der Waals surface area contributed by atoms with Crippen LogP contribution < -0.4 is 46.8 Å². The standard InChI is InChI=1S/2C31H48ClN5O6.C25H32ClN5O3/c1-8-25(29(41-9-2)42-10-3)34-27(38)26-23(18-21-14-11-12-16-24(21)32)28(37(35-26)20-40-7)36-17-13-15-22(19-36)33-30(39)43-31(4,5)6;1-8-25(29(41-9-2)42-10-3)34-28(38)26-23(18-21-14-11-12-16-24(21)32)27(35-37(26)20-40-7)36-17-13-15-22(19-36)33-30(39)43-31(4,5)6;1-5-17-15-31-21(23(32)27-17)19(13-16-9-6-7-11-20(16)26)22(29-31)30-12-8-10-18(14-30)28-24(33)34-25(2,3)4/h2*11-12,14,16,22,25,29H,8-10,13,15,17-20H2,1-7H3,(H,33,39)(H,34,38);6-7,9,11,15,18H,5,8,10,12-14H2,1-4H3,(H,27,32)(H,28,33)/t2*22-,25?;18-/m111/s1. The molecule has 0 radical (unpaired) electrons. The van der Waals surface area contributed by atoms with Crippen molar-refractivity contribution in [3.05, 3.63) is 155 Å². The molecule has 0 bridgehead atoms. The van der Waals surface area contributed by atoms with E-state index in [-0.39, 0.29) is 66.7 Å². The van der Waals surface area contributed by atoms with E-state index < -0.39 is 47.7 Å². The summed E-state index contributed by atoms with van der Waals surface area (Å²) in [5.74, 6) is 1.50. The Bertz CT molecular complexity index is 4480. The van der Waals surface area contributed by atoms with E-state index in [0.717, 1.165) is 95.8 Å². The zero-order chi connectivity index (χ0) is 87.6. The van der Waals surface area contributed by atoms with Crippen molar-refractivity contribution in [2.24, 2.45) is 0 Å². The predicted octanol–water partition coefficient (Wildman–Crippen LogP) is 14.6. The molecular formula is C87H128Cl3N15O15. The summed E-state index contributed by atoms with van der Waals surface area (Å²) in [5.41, 5.74) is 5.02. The molecule has 2 unspecified atom stereocenters. The van der Waals surface area contributed by atoms with Crippen LogP contribution in [-0.4, -0.2) is 204 Å². The zero-order valence-electron chi connectivity index (χ0n) is 73.3. The molecule has 10 rings (SSSR count). The van der Waals surface area contributed by atoms with Crippen LogP contribution in [0.3, 0.4) is 0 Å². The van der Waals surface area contributed by atoms with E-state index in [1.54, 1.807) is 28.1 Å². The molecule has 33 heteroatoms. The topological polar surface area (TPSA) is 324 Å². The molecule has 3 aliphatic rings. The number of methoxy groups -OCH3 is 2. The fourth-order valence-electron chi connectivity index (χ4n) is 14.7. The average Bonchev–Trinajstić information content (AvgIpc) is 1.73. The van der Waals surface area contributed by atoms with Gasteiger partial charge in [0, 0.05) is 161 Å². The third kappa shape index (κ3) is 28.2. The second-order valence-corrected chi connectivity index (χ2v) is 34.0. The predicted molar refractivity (Wildman–Crippen MR) is 467 cm³/mol. The molecule has 7 aromatic rings. The molecule has 7 heterocycles. The van der Waals surface area contributed by atoms with Gasteiger partial charge in [0.05, 0.1) is 12.1 Å². The third-order valence-corrected chi connectivity index (χ3v) is 21.0. The van der Waals surface area contributed by atoms with Gasteiger partial charge in [-0.15, -0.1) is 5.10 Å². The maximum Gasteiger partial charge on any atom is 0.407 e. The number of fused-ring (bicyclic) bond motifs is 1. The fraction of sp³-hybridized carbons (Fsp3) is 0.598. The van der Waals surface area contributed by atoms with E-state index in [0.29, 0.717) is 130 Å². The molecular weight excluding hydrogens is 1600 g/mol. The highest BCUT2D eigenvalue weighted by atomic mass is 35.5. The number of rotatable bonds is 33. The van der Waals surface area contributed by atoms with Crippen LogP contribution in [-0.2, 0) is 81.8 Å². The molecule has 3 aliphatic heterocycles. The van der Waals surface area contributed by atoms with Crippen molar-refractivity contribution >= 4 is 87.9 Å². The summed E-state index contributed by atoms with van der Waals surface area (Å²) in [4.78, 5) is 88.0. The molecule has 120 heavy (non-hydrogen) atoms. The van der Waals surface area contributed by atoms with Crippen molar-refractivity contribution in [1.82, 2.24) is 60.7 Å². The first-order valence-corrected chi connectivity index (χ1v) is 43.1. The smallest absolute Gasteiger partial charge is 0.407 e. The molecule has 4 aromatic heterocycles. The zero-order valence-corrected chi connectivity index (χ0v) is 75.6. The summed E-state index contributed by atoms with van der Waals surface area (Å²) in [6, 6.07) is 21.6. The number of anilines is 3. The van der Waals surface area contributed by atoms with Gasteiger partial charge < -0.3 is 88.9 Å². The summed E-state index contributed by atoms with van der Waals surface area (Å²) < 4.78 is 55.6. The summed E-state index contributed by atoms with van der Waals surface area (Å²) in [6.07, 6.45) is 7.50. The number of hydrogen-bond donors (Lipinski definition) is 6. The first-order valence-electron chi connectivity index (χ1n) is 42.0. The van der Waals surface area contributed by atoms with Gasteiger partial charge >= 0.3 is 18.3 Å². The SMILES string of the molecule is CCOC(OCC)C(CC)NC(=O)c1c(Cc2ccccc2Cl)c(N2CCC[C@@H](NC(=O)OC(C)(C)C)C2)nn1COC.CCOC(OCC)C(CC)NC(=O)c1nn(COC)c(N2CCC[C@@H](NC(=O)OC(C)(C)C)C2)c1Cc1ccccc1Cl.CCc1cn2nc(N3CCC[C@@H](NC(=O)OC(C)(C)C)C3)c(Cc3ccccc3Cl)c2c(=O)[nH]1. The Labute approximate surface area is 721 Å². The Morgan fingerprint density at radius 2 is 0.883 bits per heavy atom. The minimum absolute atomic E-state index is 0.0723. The largest absolute Gasteiger partial charge is 0.444 e. The molecule has 3 aromatic carbocycles. The Morgan fingerprint density at radius 3 is 1.28 bits per heavy atom. The van der Waals surface area contributed by atoms with Gasteiger partial charge in [0.25, 0.3) is 17.4 Å². The van der Waals surface area contributed by atoms with E-state index in [2.05, 4.69) is 46.3 Å². The molecule has 5 atom stereocenters. The number of H-pyrrole nitrogens is 1. The molecule has 3 saturated heterocycles. The van der Waals surface area contributed by atoms with E-state index in [1.807, 2.05) is 190 Å². The number of benzene rings is 3. The number of nitrogens with zero attached hydrogens (tertiary/aromatic N) is 9. The summed E-state index contributed by atoms with van der Waals surface area (Å²) in [7, 11) is 3.15. The van der Waals surface area contributed by atoms with Crippen LogP contribution in [0.25, 0.3) is 5.52 Å². The Kier molecular flexibility index (Phi) is 37.0. The lowest BCUT2D eigenvalue weighted by Gasteiger charge is -2.35. The monoisotopic (exact) mass is 1730 g/mol. The number of carbonyl (C=O) groups is 5. The van der Waals surface area contributed by atoms with Crippen molar-refractivity contribution in [2.75, 3.05) is 94.6 Å². The number of aromatic nitrogens is 7. The van der Waals surface area contributed by atoms with E-state index >= 15 is 0 Å². The van der Waals surface area contributed by atoms with Crippen molar-refractivity contribution < 1.29 is 66.6 Å². The maximum absolute atomic E-state index is 14.1. The number of carbonyl (C=O) groups excluding carboxylic acids is 5. The van der Waals surface area contributed by atoms with Crippen LogP contribution in [0.5, 0.6) is 0 Å². The maximum atomic E-state index is 14.1. The van der Waals surface area contributed by atoms with Gasteiger partial charge in [0.1, 0.15) is 47.3 Å². The number of nitrogens with one attached hydrogen (secondary N) is 6. The molecule has 6 N–H and O–H groups in total. The van der Waals surface area contributed by atoms with Crippen LogP contribution in [0.15, 0.2) is 83.8 Å². The van der Waals surface area contributed by atoms with Crippen molar-refractivity contribution in [3.8, 4) is 0 Å². The Balaban J connectivity index is 0.000000226. The lowest BCUT2D eigenvalue weighted by atomic mass is 10.0. The van der Waals surface area contributed by atoms with Crippen LogP contribution in [0.1, 0.15) is 222 Å². The first kappa shape index (κ1) is 96.7. The number of aromatic amines is 1. The third-order valence-electron chi connectivity index (χ3n) is 19.9. The summed E-state index contributed by atoms with van der Waals surface area (Å²) in [5, 5.41) is 31.6. The molecule has 662 valence electrons. The Hall–Kier alpha value is -8.72. The molecule has 0 saturated carbocycles. The minimum Gasteiger partial charge on any atom is -0.444 e. The fourth-order valence-corrected chi connectivity index (χ4v) is 15.4. The highest BCUT2D eigenvalue weighted by Gasteiger charge is 2.37. The van der Waals surface area contributed by atoms with E-state index in [4.69, 9.17) is 92.7 Å². The van der Waals surface area contributed by atoms with Crippen molar-refractivity contribution in [1.29, 1.82) is 0 Å². The number of hydrogen-bond acceptors (Lipinski definition) is 21. The van der Waals surface area contributed by atoms with Gasteiger partial charge in [-0.1, -0.05) is 110 Å². The quantitative estimate of drug-likeness (QED) is 0.0164. The number of alkyl carbamates (subject to hydrolysis) is 3. The number of aryl methyl sites for hydroxylation is 1. The van der Waals surface area contributed by atoms with Crippen LogP contribution in [0.2, 0.25) is 15.1 Å². The second kappa shape index (κ2) is 46.0. The van der Waals surface area contributed by atoms with Gasteiger partial charge in [-0.2, -0.15) is 10.2 Å². The highest BCUT2D eigenvalue weighted by molar-refractivity contribution is 6.32. The van der Waals surface area contributed by atoms with E-state index in [1.165, 1.54) is 0 Å². The van der Waals surface area contributed by atoms with Gasteiger partial charge in [0.2, 0.25) is 0 Å². The summed E-state index contributed by atoms with van der Waals surface area (Å²) in [6.45, 7) is 35.9. The molecule has 3 fully saturated rings. The van der Waals surface area contributed by atoms with Gasteiger partial charge in [-0.3, -0.25) is 14.4 Å². The average molecular weight is 1730 g/mol. The molecule has 0 aliphatic carbocycles. The van der Waals surface area contributed by atoms with Gasteiger partial charge in [-0.25, -0.2) is 28.3 Å². The summed E-state index contributed by atoms with van der Waals surface area (Å²) >= 11 is 19.7. The van der Waals surface area contributed by atoms with Crippen molar-refractivity contribution in [3.63, 3.8) is 0 Å². The number of ether oxygens (including phenoxy) is 9. The number of piperidine rings is 3. The van der Waals surface area contributed by atoms with Crippen molar-refractivity contribution in [2.45, 2.75) is 261 Å². The molecule has 0 spiro atoms. The van der Waals surface area contributed by atoms with Crippen LogP contribution in [0.4, 0.5) is 31.8 Å². The Morgan fingerprint density at radius 1 is 0.500 bits per heavy atom. The van der Waals surface area contributed by atoms with Gasteiger partial charge in [-0.05, 0) is 183 Å². The molecule has 5 amide bonds. The first-order chi connectivity index (χ1) is 57.1. The lowest BCUT2D eigenvalue weighted by Crippen LogP contribution is -2.49.